The standard InChI is InChI=1S/C26H24ClN5O4S/c1-17-18(2)32(34)8-7-24(17)21-15-28-25(29-16-21)26(33)30-9-11-31(12-10-30)37(35,36)23-6-4-19-13-22(27)5-3-20(19)14-23/h3-8,13-16H,9-12H2,1-2H3. The van der Waals surface area contributed by atoms with Gasteiger partial charge < -0.3 is 10.1 Å². The van der Waals surface area contributed by atoms with Crippen molar-refractivity contribution in [2.24, 2.45) is 0 Å². The third-order valence-corrected chi connectivity index (χ3v) is 8.88. The molecule has 9 nitrogen and oxygen atoms in total. The third-order valence-electron chi connectivity index (χ3n) is 6.75. The fourth-order valence-corrected chi connectivity index (χ4v) is 6.05. The van der Waals surface area contributed by atoms with Crippen LogP contribution in [0.2, 0.25) is 5.02 Å². The van der Waals surface area contributed by atoms with Gasteiger partial charge in [-0.25, -0.2) is 18.4 Å². The van der Waals surface area contributed by atoms with E-state index < -0.39 is 10.0 Å². The van der Waals surface area contributed by atoms with Crippen molar-refractivity contribution >= 4 is 38.3 Å². The Bertz CT molecular complexity index is 1620. The van der Waals surface area contributed by atoms with Crippen molar-refractivity contribution in [1.82, 2.24) is 19.2 Å². The van der Waals surface area contributed by atoms with Crippen molar-refractivity contribution in [3.8, 4) is 11.1 Å². The Labute approximate surface area is 219 Å². The molecule has 4 aromatic rings. The number of hydrogen-bond donors (Lipinski definition) is 0. The normalized spacial score (nSPS) is 14.7. The van der Waals surface area contributed by atoms with Gasteiger partial charge in [0.1, 0.15) is 0 Å². The summed E-state index contributed by atoms with van der Waals surface area (Å²) in [5.74, 6) is -0.318. The Hall–Kier alpha value is -3.60. The van der Waals surface area contributed by atoms with Crippen molar-refractivity contribution in [3.63, 3.8) is 0 Å². The molecule has 0 bridgehead atoms. The van der Waals surface area contributed by atoms with Crippen molar-refractivity contribution in [3.05, 3.63) is 88.4 Å². The summed E-state index contributed by atoms with van der Waals surface area (Å²) >= 11 is 6.03. The molecular formula is C26H24ClN5O4S. The molecule has 2 aromatic carbocycles. The number of nitrogens with zero attached hydrogens (tertiary/aromatic N) is 5. The van der Waals surface area contributed by atoms with Gasteiger partial charge >= 0.3 is 0 Å². The van der Waals surface area contributed by atoms with E-state index in [1.807, 2.05) is 6.92 Å². The topological polar surface area (TPSA) is 110 Å². The van der Waals surface area contributed by atoms with E-state index in [-0.39, 0.29) is 42.8 Å². The number of fused-ring (bicyclic) bond motifs is 1. The summed E-state index contributed by atoms with van der Waals surface area (Å²) in [7, 11) is -3.72. The van der Waals surface area contributed by atoms with Gasteiger partial charge in [-0.1, -0.05) is 23.7 Å². The van der Waals surface area contributed by atoms with Gasteiger partial charge in [0.05, 0.1) is 4.90 Å². The molecule has 1 aliphatic rings. The zero-order chi connectivity index (χ0) is 26.3. The molecule has 3 heterocycles. The molecule has 37 heavy (non-hydrogen) atoms. The SMILES string of the molecule is Cc1c(-c2cnc(C(=O)N3CCN(S(=O)(=O)c4ccc5cc(Cl)ccc5c4)CC3)nc2)cc[n+]([O-])c1C. The predicted octanol–water partition coefficient (Wildman–Crippen LogP) is 3.35. The molecule has 0 aliphatic carbocycles. The summed E-state index contributed by atoms with van der Waals surface area (Å²) in [5.41, 5.74) is 2.91. The second-order valence-electron chi connectivity index (χ2n) is 8.91. The highest BCUT2D eigenvalue weighted by Gasteiger charge is 2.31. The maximum absolute atomic E-state index is 13.2. The Balaban J connectivity index is 1.27. The molecule has 0 unspecified atom stereocenters. The summed E-state index contributed by atoms with van der Waals surface area (Å²) < 4.78 is 28.7. The van der Waals surface area contributed by atoms with Crippen LogP contribution < -0.4 is 4.73 Å². The minimum atomic E-state index is -3.72. The van der Waals surface area contributed by atoms with Crippen LogP contribution in [0.1, 0.15) is 21.9 Å². The number of pyridine rings is 1. The number of halogens is 1. The van der Waals surface area contributed by atoms with Crippen molar-refractivity contribution in [2.75, 3.05) is 26.2 Å². The molecular weight excluding hydrogens is 514 g/mol. The first kappa shape index (κ1) is 25.1. The Kier molecular flexibility index (Phi) is 6.57. The summed E-state index contributed by atoms with van der Waals surface area (Å²) in [6, 6.07) is 12.0. The van der Waals surface area contributed by atoms with Gasteiger partial charge in [0.25, 0.3) is 5.91 Å². The lowest BCUT2D eigenvalue weighted by Gasteiger charge is -2.33. The fraction of sp³-hybridized carbons (Fsp3) is 0.231. The first-order valence-corrected chi connectivity index (χ1v) is 13.5. The fourth-order valence-electron chi connectivity index (χ4n) is 4.41. The van der Waals surface area contributed by atoms with E-state index in [2.05, 4.69) is 9.97 Å². The number of benzene rings is 2. The smallest absolute Gasteiger partial charge is 0.291 e. The summed E-state index contributed by atoms with van der Waals surface area (Å²) in [5, 5.41) is 14.0. The molecule has 11 heteroatoms. The third kappa shape index (κ3) is 4.75. The Morgan fingerprint density at radius 2 is 1.62 bits per heavy atom. The van der Waals surface area contributed by atoms with Gasteiger partial charge in [-0.05, 0) is 47.5 Å². The second kappa shape index (κ2) is 9.70. The lowest BCUT2D eigenvalue weighted by Crippen LogP contribution is -2.50. The summed E-state index contributed by atoms with van der Waals surface area (Å²) in [4.78, 5) is 23.2. The average molecular weight is 538 g/mol. The average Bonchev–Trinajstić information content (AvgIpc) is 2.91. The molecule has 0 N–H and O–H groups in total. The van der Waals surface area contributed by atoms with Crippen LogP contribution in [-0.2, 0) is 10.0 Å². The predicted molar refractivity (Wildman–Crippen MR) is 140 cm³/mol. The van der Waals surface area contributed by atoms with Gasteiger partial charge in [0.15, 0.2) is 11.9 Å². The van der Waals surface area contributed by atoms with Crippen molar-refractivity contribution in [2.45, 2.75) is 18.7 Å². The zero-order valence-corrected chi connectivity index (χ0v) is 21.8. The van der Waals surface area contributed by atoms with Gasteiger partial charge in [0.2, 0.25) is 15.8 Å². The number of rotatable bonds is 4. The highest BCUT2D eigenvalue weighted by atomic mass is 35.5. The molecule has 0 radical (unpaired) electrons. The number of carbonyl (C=O) groups excluding carboxylic acids is 1. The molecule has 0 spiro atoms. The maximum atomic E-state index is 13.2. The monoisotopic (exact) mass is 537 g/mol. The van der Waals surface area contributed by atoms with E-state index in [0.717, 1.165) is 26.6 Å². The van der Waals surface area contributed by atoms with Crippen molar-refractivity contribution in [1.29, 1.82) is 0 Å². The van der Waals surface area contributed by atoms with E-state index in [1.165, 1.54) is 10.5 Å². The maximum Gasteiger partial charge on any atom is 0.291 e. The van der Waals surface area contributed by atoms with Crippen LogP contribution in [0.15, 0.2) is 66.0 Å². The van der Waals surface area contributed by atoms with E-state index in [0.29, 0.717) is 16.3 Å². The van der Waals surface area contributed by atoms with Crippen LogP contribution in [0, 0.1) is 19.1 Å². The van der Waals surface area contributed by atoms with Gasteiger partial charge in [-0.15, -0.1) is 0 Å². The molecule has 1 saturated heterocycles. The Morgan fingerprint density at radius 3 is 2.32 bits per heavy atom. The summed E-state index contributed by atoms with van der Waals surface area (Å²) in [6.07, 6.45) is 4.55. The minimum absolute atomic E-state index is 0.0393. The molecule has 0 saturated carbocycles. The van der Waals surface area contributed by atoms with E-state index in [1.54, 1.807) is 66.7 Å². The van der Waals surface area contributed by atoms with E-state index in [9.17, 15) is 18.4 Å². The lowest BCUT2D eigenvalue weighted by atomic mass is 10.0. The highest BCUT2D eigenvalue weighted by molar-refractivity contribution is 7.89. The lowest BCUT2D eigenvalue weighted by molar-refractivity contribution is -0.612. The summed E-state index contributed by atoms with van der Waals surface area (Å²) in [6.45, 7) is 4.38. The quantitative estimate of drug-likeness (QED) is 0.291. The van der Waals surface area contributed by atoms with Crippen molar-refractivity contribution < 1.29 is 17.9 Å². The van der Waals surface area contributed by atoms with Crippen LogP contribution in [0.3, 0.4) is 0 Å². The Morgan fingerprint density at radius 1 is 0.973 bits per heavy atom. The van der Waals surface area contributed by atoms with Gasteiger partial charge in [-0.2, -0.15) is 9.04 Å². The number of carbonyl (C=O) groups is 1. The minimum Gasteiger partial charge on any atom is -0.619 e. The molecule has 5 rings (SSSR count). The number of piperazine rings is 1. The van der Waals surface area contributed by atoms with Crippen LogP contribution in [0.5, 0.6) is 0 Å². The highest BCUT2D eigenvalue weighted by Crippen LogP contribution is 2.26. The van der Waals surface area contributed by atoms with Gasteiger partial charge in [0, 0.05) is 67.7 Å². The first-order chi connectivity index (χ1) is 17.6. The zero-order valence-electron chi connectivity index (χ0n) is 20.3. The van der Waals surface area contributed by atoms with E-state index >= 15 is 0 Å². The molecule has 190 valence electrons. The first-order valence-electron chi connectivity index (χ1n) is 11.7. The second-order valence-corrected chi connectivity index (χ2v) is 11.3. The van der Waals surface area contributed by atoms with Crippen LogP contribution in [-0.4, -0.2) is 59.7 Å². The van der Waals surface area contributed by atoms with Crippen LogP contribution >= 0.6 is 11.6 Å². The van der Waals surface area contributed by atoms with E-state index in [4.69, 9.17) is 11.6 Å². The molecule has 1 fully saturated rings. The number of hydrogen-bond acceptors (Lipinski definition) is 6. The molecule has 2 aromatic heterocycles. The number of amides is 1. The van der Waals surface area contributed by atoms with Gasteiger partial charge in [-0.3, -0.25) is 4.79 Å². The largest absolute Gasteiger partial charge is 0.619 e. The molecule has 1 aliphatic heterocycles. The van der Waals surface area contributed by atoms with Crippen LogP contribution in [0.4, 0.5) is 0 Å². The van der Waals surface area contributed by atoms with Crippen LogP contribution in [0.25, 0.3) is 21.9 Å². The number of aromatic nitrogens is 3. The molecule has 1 amide bonds. The number of sulfonamides is 1. The molecule has 0 atom stereocenters.